The van der Waals surface area contributed by atoms with Gasteiger partial charge in [-0.15, -0.1) is 11.3 Å². The summed E-state index contributed by atoms with van der Waals surface area (Å²) in [6, 6.07) is 9.89. The smallest absolute Gasteiger partial charge is 0.410 e. The number of nitrogens with zero attached hydrogens (tertiary/aromatic N) is 4. The standard InChI is InChI=1S/C25H26BrN5O3S/c1-25(2,3)34-24(32)31-8-4-5-17(12-31)33-20-10-15(26)9-19-22(20)23(28-13-27-19)30-16-6-7-18-21(11-16)35-14-29-18/h6-7,9-11,13-14,17H,4-5,8,12H2,1-3H3,(H,27,28,30)/t17-/m0/s1. The van der Waals surface area contributed by atoms with Crippen molar-refractivity contribution in [1.82, 2.24) is 19.9 Å². The first-order valence-electron chi connectivity index (χ1n) is 11.4. The number of hydrogen-bond acceptors (Lipinski definition) is 8. The summed E-state index contributed by atoms with van der Waals surface area (Å²) in [5, 5.41) is 4.21. The molecule has 1 atom stereocenters. The van der Waals surface area contributed by atoms with Gasteiger partial charge < -0.3 is 19.7 Å². The molecular formula is C25H26BrN5O3S. The zero-order chi connectivity index (χ0) is 24.6. The molecule has 0 unspecified atom stereocenters. The van der Waals surface area contributed by atoms with E-state index in [1.165, 1.54) is 6.33 Å². The van der Waals surface area contributed by atoms with Crippen molar-refractivity contribution in [3.8, 4) is 5.75 Å². The van der Waals surface area contributed by atoms with Gasteiger partial charge in [0.25, 0.3) is 0 Å². The van der Waals surface area contributed by atoms with E-state index in [-0.39, 0.29) is 12.2 Å². The second-order valence-corrected chi connectivity index (χ2v) is 11.3. The number of halogens is 1. The van der Waals surface area contributed by atoms with Gasteiger partial charge in [0.05, 0.1) is 33.2 Å². The Morgan fingerprint density at radius 2 is 2.03 bits per heavy atom. The van der Waals surface area contributed by atoms with Crippen LogP contribution >= 0.6 is 27.3 Å². The highest BCUT2D eigenvalue weighted by Crippen LogP contribution is 2.36. The number of hydrogen-bond donors (Lipinski definition) is 1. The molecule has 0 bridgehead atoms. The quantitative estimate of drug-likeness (QED) is 0.306. The largest absolute Gasteiger partial charge is 0.488 e. The summed E-state index contributed by atoms with van der Waals surface area (Å²) >= 11 is 5.17. The molecule has 3 heterocycles. The Morgan fingerprint density at radius 3 is 2.86 bits per heavy atom. The Bertz CT molecular complexity index is 1390. The van der Waals surface area contributed by atoms with Gasteiger partial charge in [-0.2, -0.15) is 0 Å². The van der Waals surface area contributed by atoms with Crippen LogP contribution in [-0.4, -0.2) is 50.7 Å². The number of carbonyl (C=O) groups is 1. The van der Waals surface area contributed by atoms with Crippen molar-refractivity contribution in [2.75, 3.05) is 18.4 Å². The molecule has 0 radical (unpaired) electrons. The summed E-state index contributed by atoms with van der Waals surface area (Å²) in [4.78, 5) is 27.7. The number of carbonyl (C=O) groups excluding carboxylic acids is 1. The minimum Gasteiger partial charge on any atom is -0.488 e. The van der Waals surface area contributed by atoms with Crippen LogP contribution in [0, 0.1) is 0 Å². The Kier molecular flexibility index (Phi) is 6.50. The maximum absolute atomic E-state index is 12.6. The van der Waals surface area contributed by atoms with Crippen molar-refractivity contribution in [3.05, 3.63) is 46.6 Å². The average Bonchev–Trinajstić information content (AvgIpc) is 3.26. The monoisotopic (exact) mass is 555 g/mol. The third-order valence-electron chi connectivity index (χ3n) is 5.58. The molecule has 1 aliphatic rings. The van der Waals surface area contributed by atoms with Crippen molar-refractivity contribution in [2.45, 2.75) is 45.3 Å². The second-order valence-electron chi connectivity index (χ2n) is 9.49. The van der Waals surface area contributed by atoms with Gasteiger partial charge in [0.15, 0.2) is 0 Å². The number of aromatic nitrogens is 3. The van der Waals surface area contributed by atoms with Crippen molar-refractivity contribution in [1.29, 1.82) is 0 Å². The number of benzene rings is 2. The van der Waals surface area contributed by atoms with E-state index in [1.807, 2.05) is 50.5 Å². The number of ether oxygens (including phenoxy) is 2. The minimum absolute atomic E-state index is 0.171. The first-order valence-corrected chi connectivity index (χ1v) is 13.1. The van der Waals surface area contributed by atoms with Gasteiger partial charge >= 0.3 is 6.09 Å². The van der Waals surface area contributed by atoms with Crippen molar-refractivity contribution >= 4 is 66.0 Å². The molecule has 1 fully saturated rings. The summed E-state index contributed by atoms with van der Waals surface area (Å²) in [7, 11) is 0. The van der Waals surface area contributed by atoms with Crippen molar-refractivity contribution < 1.29 is 14.3 Å². The fraction of sp³-hybridized carbons (Fsp3) is 0.360. The summed E-state index contributed by atoms with van der Waals surface area (Å²) in [6.07, 6.45) is 2.74. The van der Waals surface area contributed by atoms with Crippen LogP contribution in [0.4, 0.5) is 16.3 Å². The molecule has 8 nitrogen and oxygen atoms in total. The first-order chi connectivity index (χ1) is 16.7. The number of fused-ring (bicyclic) bond motifs is 2. The van der Waals surface area contributed by atoms with Crippen molar-refractivity contribution in [3.63, 3.8) is 0 Å². The van der Waals surface area contributed by atoms with E-state index >= 15 is 0 Å². The van der Waals surface area contributed by atoms with E-state index in [9.17, 15) is 4.79 Å². The Hall–Kier alpha value is -2.98. The predicted octanol–water partition coefficient (Wildman–Crippen LogP) is 6.52. The van der Waals surface area contributed by atoms with Crippen LogP contribution in [0.3, 0.4) is 0 Å². The van der Waals surface area contributed by atoms with E-state index in [1.54, 1.807) is 16.2 Å². The lowest BCUT2D eigenvalue weighted by atomic mass is 10.1. The van der Waals surface area contributed by atoms with Crippen LogP contribution < -0.4 is 10.1 Å². The topological polar surface area (TPSA) is 89.5 Å². The highest BCUT2D eigenvalue weighted by Gasteiger charge is 2.29. The van der Waals surface area contributed by atoms with Crippen LogP contribution in [0.15, 0.2) is 46.6 Å². The molecule has 1 aliphatic heterocycles. The maximum atomic E-state index is 12.6. The summed E-state index contributed by atoms with van der Waals surface area (Å²) < 4.78 is 14.0. The minimum atomic E-state index is -0.536. The Morgan fingerprint density at radius 1 is 1.17 bits per heavy atom. The van der Waals surface area contributed by atoms with Crippen molar-refractivity contribution in [2.24, 2.45) is 0 Å². The van der Waals surface area contributed by atoms with Crippen LogP contribution in [-0.2, 0) is 4.74 Å². The van der Waals surface area contributed by atoms with Gasteiger partial charge in [0.1, 0.15) is 29.6 Å². The second kappa shape index (κ2) is 9.58. The number of nitrogens with one attached hydrogen (secondary N) is 1. The fourth-order valence-corrected chi connectivity index (χ4v) is 5.23. The number of anilines is 2. The van der Waals surface area contributed by atoms with E-state index in [0.29, 0.717) is 24.7 Å². The zero-order valence-corrected chi connectivity index (χ0v) is 22.1. The SMILES string of the molecule is CC(C)(C)OC(=O)N1CCC[C@H](Oc2cc(Br)cc3ncnc(Nc4ccc5ncsc5c4)c23)C1. The molecule has 1 amide bonds. The Balaban J connectivity index is 1.43. The van der Waals surface area contributed by atoms with Gasteiger partial charge in [-0.1, -0.05) is 15.9 Å². The lowest BCUT2D eigenvalue weighted by Gasteiger charge is -2.34. The number of thiazole rings is 1. The summed E-state index contributed by atoms with van der Waals surface area (Å²) in [5.41, 5.74) is 3.93. The van der Waals surface area contributed by atoms with Gasteiger partial charge in [0.2, 0.25) is 0 Å². The molecule has 4 aromatic rings. The molecule has 35 heavy (non-hydrogen) atoms. The molecular weight excluding hydrogens is 530 g/mol. The summed E-state index contributed by atoms with van der Waals surface area (Å²) in [6.45, 7) is 6.73. The molecule has 0 spiro atoms. The normalized spacial score (nSPS) is 16.5. The van der Waals surface area contributed by atoms with Crippen LogP contribution in [0.1, 0.15) is 33.6 Å². The van der Waals surface area contributed by atoms with E-state index in [2.05, 4.69) is 42.3 Å². The molecule has 0 aliphatic carbocycles. The number of amides is 1. The highest BCUT2D eigenvalue weighted by molar-refractivity contribution is 9.10. The predicted molar refractivity (Wildman–Crippen MR) is 142 cm³/mol. The average molecular weight is 556 g/mol. The van der Waals surface area contributed by atoms with E-state index < -0.39 is 5.60 Å². The molecule has 182 valence electrons. The zero-order valence-electron chi connectivity index (χ0n) is 19.7. The van der Waals surface area contributed by atoms with E-state index in [4.69, 9.17) is 9.47 Å². The third-order valence-corrected chi connectivity index (χ3v) is 6.83. The van der Waals surface area contributed by atoms with Gasteiger partial charge in [0, 0.05) is 16.7 Å². The fourth-order valence-electron chi connectivity index (χ4n) is 4.08. The van der Waals surface area contributed by atoms with Crippen LogP contribution in [0.2, 0.25) is 0 Å². The summed E-state index contributed by atoms with van der Waals surface area (Å²) in [5.74, 6) is 1.31. The molecule has 5 rings (SSSR count). The molecule has 2 aromatic carbocycles. The molecule has 1 saturated heterocycles. The lowest BCUT2D eigenvalue weighted by Crippen LogP contribution is -2.46. The highest BCUT2D eigenvalue weighted by atomic mass is 79.9. The van der Waals surface area contributed by atoms with Crippen LogP contribution in [0.25, 0.3) is 21.1 Å². The number of piperidine rings is 1. The molecule has 1 N–H and O–H groups in total. The molecule has 2 aromatic heterocycles. The number of rotatable bonds is 4. The first kappa shape index (κ1) is 23.7. The maximum Gasteiger partial charge on any atom is 0.410 e. The van der Waals surface area contributed by atoms with E-state index in [0.717, 1.165) is 44.1 Å². The molecule has 10 heteroatoms. The van der Waals surface area contributed by atoms with Crippen LogP contribution in [0.5, 0.6) is 5.75 Å². The molecule has 0 saturated carbocycles. The number of likely N-dealkylation sites (tertiary alicyclic amines) is 1. The Labute approximate surface area is 215 Å². The van der Waals surface area contributed by atoms with Gasteiger partial charge in [-0.25, -0.2) is 19.7 Å². The lowest BCUT2D eigenvalue weighted by molar-refractivity contribution is 0.00793. The van der Waals surface area contributed by atoms with Gasteiger partial charge in [-0.3, -0.25) is 0 Å². The third kappa shape index (κ3) is 5.48. The van der Waals surface area contributed by atoms with Gasteiger partial charge in [-0.05, 0) is 63.9 Å².